The van der Waals surface area contributed by atoms with Crippen LogP contribution < -0.4 is 5.32 Å². The van der Waals surface area contributed by atoms with Crippen molar-refractivity contribution >= 4 is 41.4 Å². The van der Waals surface area contributed by atoms with Crippen LogP contribution in [0.25, 0.3) is 0 Å². The Hall–Kier alpha value is -3.38. The number of fused-ring (bicyclic) bond motifs is 1. The molecule has 4 rings (SSSR count). The fourth-order valence-corrected chi connectivity index (χ4v) is 6.09. The van der Waals surface area contributed by atoms with E-state index in [0.29, 0.717) is 17.8 Å². The lowest BCUT2D eigenvalue weighted by Crippen LogP contribution is -2.61. The molecule has 2 fully saturated rings. The summed E-state index contributed by atoms with van der Waals surface area (Å²) in [6.45, 7) is 5.03. The number of thioether (sulfide) groups is 1. The topological polar surface area (TPSA) is 171 Å². The molecule has 37 heavy (non-hydrogen) atoms. The molecule has 0 aliphatic carbocycles. The number of hydrogen-bond acceptors (Lipinski definition) is 7. The molecular weight excluding hydrogens is 500 g/mol. The minimum Gasteiger partial charge on any atom is -0.481 e. The Morgan fingerprint density at radius 1 is 1.22 bits per heavy atom. The third-order valence-corrected chi connectivity index (χ3v) is 7.84. The van der Waals surface area contributed by atoms with E-state index in [1.54, 1.807) is 38.1 Å². The molecule has 0 bridgehead atoms. The third kappa shape index (κ3) is 6.69. The van der Waals surface area contributed by atoms with Gasteiger partial charge in [0.1, 0.15) is 5.70 Å². The first kappa shape index (κ1) is 28.2. The van der Waals surface area contributed by atoms with Gasteiger partial charge in [0.05, 0.1) is 30.3 Å². The number of carbonyl (C=O) groups is 4. The Bertz CT molecular complexity index is 1090. The number of amidine groups is 1. The Labute approximate surface area is 219 Å². The molecule has 3 heterocycles. The van der Waals surface area contributed by atoms with E-state index in [1.165, 1.54) is 16.7 Å². The van der Waals surface area contributed by atoms with Gasteiger partial charge < -0.3 is 30.4 Å². The summed E-state index contributed by atoms with van der Waals surface area (Å²) in [5, 5.41) is 38.0. The minimum atomic E-state index is -1.08. The number of hydrogen-bond donors (Lipinski definition) is 5. The molecule has 3 aliphatic rings. The van der Waals surface area contributed by atoms with Crippen molar-refractivity contribution in [2.45, 2.75) is 50.5 Å². The highest BCUT2D eigenvalue weighted by Gasteiger charge is 2.57. The standard InChI is InChI=1S/C15H21N3O4S.C10H11NO3/c1-7(19)12-10-5-11(13(15(21)22)18(10)14(12)20)23-9-3-4-17(6-9)8(2)16;12-9(13)6-7-11-10(14)8-4-2-1-3-5-8/h7,9-10,12,16,19H,3-6H2,1-2H3,(H,21,22);1-5H,6-7H2,(H,11,14)(H,12,13). The molecule has 1 aromatic carbocycles. The maximum absolute atomic E-state index is 12.1. The summed E-state index contributed by atoms with van der Waals surface area (Å²) in [6, 6.07) is 8.46. The quantitative estimate of drug-likeness (QED) is 0.189. The molecule has 0 aromatic heterocycles. The Balaban J connectivity index is 0.000000233. The first-order valence-electron chi connectivity index (χ1n) is 12.0. The number of nitrogens with zero attached hydrogens (tertiary/aromatic N) is 2. The summed E-state index contributed by atoms with van der Waals surface area (Å²) in [6.07, 6.45) is 0.591. The fraction of sp³-hybridized carbons (Fsp3) is 0.480. The first-order chi connectivity index (χ1) is 17.5. The molecule has 0 radical (unpaired) electrons. The molecule has 0 saturated carbocycles. The van der Waals surface area contributed by atoms with Crippen LogP contribution in [-0.4, -0.2) is 91.7 Å². The van der Waals surface area contributed by atoms with Crippen molar-refractivity contribution in [2.24, 2.45) is 5.92 Å². The highest BCUT2D eigenvalue weighted by Crippen LogP contribution is 2.48. The minimum absolute atomic E-state index is 0.0570. The number of carboxylic acid groups (broad SMARTS) is 2. The molecule has 0 spiro atoms. The predicted molar refractivity (Wildman–Crippen MR) is 137 cm³/mol. The van der Waals surface area contributed by atoms with Gasteiger partial charge in [0.15, 0.2) is 0 Å². The van der Waals surface area contributed by atoms with E-state index in [1.807, 2.05) is 11.0 Å². The van der Waals surface area contributed by atoms with E-state index in [0.717, 1.165) is 24.4 Å². The second-order valence-electron chi connectivity index (χ2n) is 9.15. The molecule has 12 heteroatoms. The third-order valence-electron chi connectivity index (χ3n) is 6.48. The summed E-state index contributed by atoms with van der Waals surface area (Å²) in [4.78, 5) is 49.3. The summed E-state index contributed by atoms with van der Waals surface area (Å²) in [7, 11) is 0. The van der Waals surface area contributed by atoms with Crippen LogP contribution in [0.15, 0.2) is 40.9 Å². The average Bonchev–Trinajstić information content (AvgIpc) is 3.43. The smallest absolute Gasteiger partial charge is 0.353 e. The largest absolute Gasteiger partial charge is 0.481 e. The van der Waals surface area contributed by atoms with Gasteiger partial charge in [-0.05, 0) is 32.4 Å². The number of rotatable bonds is 8. The number of benzene rings is 1. The zero-order valence-corrected chi connectivity index (χ0v) is 21.5. The molecule has 200 valence electrons. The summed E-state index contributed by atoms with van der Waals surface area (Å²) in [5.74, 6) is -2.50. The van der Waals surface area contributed by atoms with Crippen LogP contribution in [0.5, 0.6) is 0 Å². The Morgan fingerprint density at radius 2 is 1.89 bits per heavy atom. The van der Waals surface area contributed by atoms with Crippen LogP contribution in [-0.2, 0) is 14.4 Å². The van der Waals surface area contributed by atoms with Crippen molar-refractivity contribution < 1.29 is 34.5 Å². The maximum Gasteiger partial charge on any atom is 0.353 e. The number of amides is 2. The van der Waals surface area contributed by atoms with Gasteiger partial charge in [0.25, 0.3) is 5.91 Å². The fourth-order valence-electron chi connectivity index (χ4n) is 4.64. The van der Waals surface area contributed by atoms with Crippen LogP contribution in [0, 0.1) is 11.3 Å². The number of aliphatic carboxylic acids is 2. The maximum atomic E-state index is 12.1. The van der Waals surface area contributed by atoms with Gasteiger partial charge in [0.2, 0.25) is 5.91 Å². The lowest BCUT2D eigenvalue weighted by Gasteiger charge is -2.44. The molecular formula is C25H32N4O7S. The molecule has 4 unspecified atom stereocenters. The van der Waals surface area contributed by atoms with E-state index < -0.39 is 24.0 Å². The number of nitrogens with one attached hydrogen (secondary N) is 2. The van der Waals surface area contributed by atoms with E-state index in [-0.39, 0.29) is 41.8 Å². The number of β-lactam (4-membered cyclic amide) rings is 1. The van der Waals surface area contributed by atoms with Crippen molar-refractivity contribution in [1.82, 2.24) is 15.1 Å². The number of aliphatic hydroxyl groups is 1. The zero-order valence-electron chi connectivity index (χ0n) is 20.7. The van der Waals surface area contributed by atoms with E-state index in [2.05, 4.69) is 5.32 Å². The van der Waals surface area contributed by atoms with Crippen LogP contribution in [0.2, 0.25) is 0 Å². The van der Waals surface area contributed by atoms with Crippen LogP contribution in [0.3, 0.4) is 0 Å². The molecule has 3 aliphatic heterocycles. The summed E-state index contributed by atoms with van der Waals surface area (Å²) < 4.78 is 0. The molecule has 1 aromatic rings. The van der Waals surface area contributed by atoms with Crippen molar-refractivity contribution in [2.75, 3.05) is 19.6 Å². The second-order valence-corrected chi connectivity index (χ2v) is 10.5. The van der Waals surface area contributed by atoms with Crippen molar-refractivity contribution in [3.8, 4) is 0 Å². The van der Waals surface area contributed by atoms with E-state index in [9.17, 15) is 29.4 Å². The van der Waals surface area contributed by atoms with Gasteiger partial charge in [-0.2, -0.15) is 0 Å². The van der Waals surface area contributed by atoms with Crippen LogP contribution in [0.4, 0.5) is 0 Å². The number of carboxylic acids is 2. The lowest BCUT2D eigenvalue weighted by molar-refractivity contribution is -0.161. The van der Waals surface area contributed by atoms with Crippen molar-refractivity contribution in [3.63, 3.8) is 0 Å². The van der Waals surface area contributed by atoms with E-state index in [4.69, 9.17) is 10.5 Å². The monoisotopic (exact) mass is 532 g/mol. The SMILES string of the molecule is CC(=N)N1CCC(SC2=C(C(=O)O)N3C(=O)C(C(C)O)C3C2)C1.O=C(O)CCNC(=O)c1ccccc1. The molecule has 5 N–H and O–H groups in total. The number of carbonyl (C=O) groups excluding carboxylic acids is 2. The summed E-state index contributed by atoms with van der Waals surface area (Å²) in [5.41, 5.74) is 0.629. The highest BCUT2D eigenvalue weighted by atomic mass is 32.2. The van der Waals surface area contributed by atoms with Crippen LogP contribution >= 0.6 is 11.8 Å². The Kier molecular flexibility index (Phi) is 9.33. The number of likely N-dealkylation sites (tertiary alicyclic amines) is 1. The molecule has 2 saturated heterocycles. The predicted octanol–water partition coefficient (Wildman–Crippen LogP) is 1.59. The van der Waals surface area contributed by atoms with Gasteiger partial charge >= 0.3 is 11.9 Å². The zero-order chi connectivity index (χ0) is 27.3. The average molecular weight is 533 g/mol. The van der Waals surface area contributed by atoms with Crippen molar-refractivity contribution in [3.05, 3.63) is 46.5 Å². The van der Waals surface area contributed by atoms with Gasteiger partial charge in [-0.15, -0.1) is 11.8 Å². The van der Waals surface area contributed by atoms with Gasteiger partial charge in [-0.25, -0.2) is 4.79 Å². The molecule has 11 nitrogen and oxygen atoms in total. The molecule has 4 atom stereocenters. The Morgan fingerprint density at radius 3 is 2.43 bits per heavy atom. The lowest BCUT2D eigenvalue weighted by atomic mass is 9.83. The van der Waals surface area contributed by atoms with Gasteiger partial charge in [-0.1, -0.05) is 18.2 Å². The summed E-state index contributed by atoms with van der Waals surface area (Å²) >= 11 is 1.52. The first-order valence-corrected chi connectivity index (χ1v) is 12.9. The van der Waals surface area contributed by atoms with E-state index >= 15 is 0 Å². The van der Waals surface area contributed by atoms with Gasteiger partial charge in [-0.3, -0.25) is 19.8 Å². The number of aliphatic hydroxyl groups excluding tert-OH is 1. The molecule has 2 amide bonds. The second kappa shape index (κ2) is 12.2. The van der Waals surface area contributed by atoms with Crippen molar-refractivity contribution in [1.29, 1.82) is 5.41 Å². The normalized spacial score (nSPS) is 23.0. The van der Waals surface area contributed by atoms with Gasteiger partial charge in [0, 0.05) is 41.8 Å². The van der Waals surface area contributed by atoms with Crippen LogP contribution in [0.1, 0.15) is 43.5 Å². The highest BCUT2D eigenvalue weighted by molar-refractivity contribution is 8.03.